The van der Waals surface area contributed by atoms with Crippen molar-refractivity contribution in [2.24, 2.45) is 0 Å². The first-order valence-electron chi connectivity index (χ1n) is 5.64. The van der Waals surface area contributed by atoms with Gasteiger partial charge in [0.1, 0.15) is 5.69 Å². The number of carboxylic acid groups (broad SMARTS) is 1. The first-order valence-corrected chi connectivity index (χ1v) is 5.64. The van der Waals surface area contributed by atoms with Crippen LogP contribution in [-0.4, -0.2) is 31.7 Å². The van der Waals surface area contributed by atoms with Crippen LogP contribution in [0.4, 0.5) is 5.69 Å². The van der Waals surface area contributed by atoms with Crippen LogP contribution in [0.3, 0.4) is 0 Å². The summed E-state index contributed by atoms with van der Waals surface area (Å²) in [5.74, 6) is -0.870. The molecule has 0 saturated heterocycles. The van der Waals surface area contributed by atoms with Gasteiger partial charge in [-0.3, -0.25) is 4.48 Å². The van der Waals surface area contributed by atoms with Crippen molar-refractivity contribution in [1.29, 1.82) is 0 Å². The van der Waals surface area contributed by atoms with Crippen LogP contribution in [0.2, 0.25) is 0 Å². The van der Waals surface area contributed by atoms with E-state index >= 15 is 0 Å². The molecule has 0 aliphatic carbocycles. The minimum Gasteiger partial charge on any atom is -0.478 e. The van der Waals surface area contributed by atoms with Gasteiger partial charge in [-0.25, -0.2) is 4.79 Å². The van der Waals surface area contributed by atoms with E-state index in [1.54, 1.807) is 12.1 Å². The second-order valence-corrected chi connectivity index (χ2v) is 4.61. The minimum atomic E-state index is -0.870. The molecule has 0 saturated carbocycles. The molecular formula is C13H21ClNO2+. The van der Waals surface area contributed by atoms with Crippen LogP contribution in [0, 0.1) is 0 Å². The average Bonchev–Trinajstić information content (AvgIpc) is 2.26. The van der Waals surface area contributed by atoms with Gasteiger partial charge in [-0.1, -0.05) is 13.3 Å². The third-order valence-electron chi connectivity index (χ3n) is 2.88. The third kappa shape index (κ3) is 4.36. The number of benzene rings is 1. The van der Waals surface area contributed by atoms with Crippen LogP contribution in [0.15, 0.2) is 24.3 Å². The number of rotatable bonds is 5. The fraction of sp³-hybridized carbons (Fsp3) is 0.462. The molecule has 0 aliphatic heterocycles. The number of carbonyl (C=O) groups is 1. The summed E-state index contributed by atoms with van der Waals surface area (Å²) < 4.78 is 0.799. The first-order chi connectivity index (χ1) is 7.47. The number of hydrogen-bond acceptors (Lipinski definition) is 1. The van der Waals surface area contributed by atoms with Crippen LogP contribution in [0.25, 0.3) is 0 Å². The van der Waals surface area contributed by atoms with Crippen molar-refractivity contribution >= 4 is 24.1 Å². The summed E-state index contributed by atoms with van der Waals surface area (Å²) >= 11 is 0. The van der Waals surface area contributed by atoms with Crippen molar-refractivity contribution in [3.05, 3.63) is 29.8 Å². The SMILES string of the molecule is CCCC[N+](C)(C)c1ccc(C(=O)O)cc1.Cl. The number of aromatic carboxylic acids is 1. The van der Waals surface area contributed by atoms with Crippen molar-refractivity contribution in [2.45, 2.75) is 19.8 Å². The van der Waals surface area contributed by atoms with E-state index in [-0.39, 0.29) is 12.4 Å². The maximum Gasteiger partial charge on any atom is 0.335 e. The second-order valence-electron chi connectivity index (χ2n) is 4.61. The Hall–Kier alpha value is -1.06. The summed E-state index contributed by atoms with van der Waals surface area (Å²) in [6.45, 7) is 3.25. The minimum absolute atomic E-state index is 0. The van der Waals surface area contributed by atoms with E-state index in [9.17, 15) is 4.79 Å². The zero-order chi connectivity index (χ0) is 12.2. The highest BCUT2D eigenvalue weighted by molar-refractivity contribution is 5.87. The summed E-state index contributed by atoms with van der Waals surface area (Å²) in [6.07, 6.45) is 2.35. The monoisotopic (exact) mass is 258 g/mol. The highest BCUT2D eigenvalue weighted by atomic mass is 35.5. The Bertz CT molecular complexity index is 360. The molecule has 0 radical (unpaired) electrons. The molecule has 0 unspecified atom stereocenters. The molecule has 1 aromatic carbocycles. The zero-order valence-corrected chi connectivity index (χ0v) is 11.5. The lowest BCUT2D eigenvalue weighted by Gasteiger charge is -2.29. The topological polar surface area (TPSA) is 37.3 Å². The highest BCUT2D eigenvalue weighted by Crippen LogP contribution is 2.20. The molecule has 1 N–H and O–H groups in total. The smallest absolute Gasteiger partial charge is 0.335 e. The predicted molar refractivity (Wildman–Crippen MR) is 74.1 cm³/mol. The van der Waals surface area contributed by atoms with E-state index in [0.717, 1.165) is 16.7 Å². The van der Waals surface area contributed by atoms with Gasteiger partial charge in [-0.15, -0.1) is 12.4 Å². The number of nitrogens with zero attached hydrogens (tertiary/aromatic N) is 1. The van der Waals surface area contributed by atoms with E-state index in [2.05, 4.69) is 21.0 Å². The Morgan fingerprint density at radius 1 is 1.24 bits per heavy atom. The lowest BCUT2D eigenvalue weighted by atomic mass is 10.1. The van der Waals surface area contributed by atoms with Crippen LogP contribution in [0.5, 0.6) is 0 Å². The number of carboxylic acids is 1. The number of quaternary nitrogens is 1. The molecular weight excluding hydrogens is 238 g/mol. The fourth-order valence-electron chi connectivity index (χ4n) is 1.69. The van der Waals surface area contributed by atoms with E-state index in [1.807, 2.05) is 12.1 Å². The first kappa shape index (κ1) is 15.9. The quantitative estimate of drug-likeness (QED) is 0.824. The Balaban J connectivity index is 0.00000256. The standard InChI is InChI=1S/C13H19NO2.ClH/c1-4-5-10-14(2,3)12-8-6-11(7-9-12)13(15)16;/h6-9H,4-5,10H2,1-3H3;1H/p+1. The van der Waals surface area contributed by atoms with Crippen molar-refractivity contribution in [1.82, 2.24) is 4.48 Å². The maximum atomic E-state index is 10.7. The number of halogens is 1. The van der Waals surface area contributed by atoms with Gasteiger partial charge in [0, 0.05) is 0 Å². The van der Waals surface area contributed by atoms with Crippen molar-refractivity contribution in [3.63, 3.8) is 0 Å². The Kier molecular flexibility index (Phi) is 6.21. The Labute approximate surface area is 109 Å². The molecule has 3 nitrogen and oxygen atoms in total. The van der Waals surface area contributed by atoms with Gasteiger partial charge >= 0.3 is 5.97 Å². The average molecular weight is 259 g/mol. The summed E-state index contributed by atoms with van der Waals surface area (Å²) in [5, 5.41) is 8.81. The van der Waals surface area contributed by atoms with Gasteiger partial charge in [0.05, 0.1) is 26.2 Å². The van der Waals surface area contributed by atoms with Gasteiger partial charge in [-0.05, 0) is 30.7 Å². The van der Waals surface area contributed by atoms with E-state index in [4.69, 9.17) is 5.11 Å². The van der Waals surface area contributed by atoms with Crippen molar-refractivity contribution < 1.29 is 9.90 Å². The van der Waals surface area contributed by atoms with Crippen molar-refractivity contribution in [3.8, 4) is 0 Å². The number of hydrogen-bond donors (Lipinski definition) is 1. The molecule has 4 heteroatoms. The van der Waals surface area contributed by atoms with Crippen LogP contribution < -0.4 is 4.48 Å². The van der Waals surface area contributed by atoms with Crippen LogP contribution in [-0.2, 0) is 0 Å². The van der Waals surface area contributed by atoms with Crippen LogP contribution in [0.1, 0.15) is 30.1 Å². The number of unbranched alkanes of at least 4 members (excludes halogenated alkanes) is 1. The highest BCUT2D eigenvalue weighted by Gasteiger charge is 2.18. The molecule has 1 rings (SSSR count). The third-order valence-corrected chi connectivity index (χ3v) is 2.88. The predicted octanol–water partition coefficient (Wildman–Crippen LogP) is 3.17. The van der Waals surface area contributed by atoms with Gasteiger partial charge in [0.15, 0.2) is 0 Å². The zero-order valence-electron chi connectivity index (χ0n) is 10.6. The molecule has 0 amide bonds. The van der Waals surface area contributed by atoms with Gasteiger partial charge in [-0.2, -0.15) is 0 Å². The van der Waals surface area contributed by atoms with E-state index in [1.165, 1.54) is 12.8 Å². The molecule has 0 fully saturated rings. The molecule has 0 aliphatic rings. The van der Waals surface area contributed by atoms with Crippen molar-refractivity contribution in [2.75, 3.05) is 20.6 Å². The fourth-order valence-corrected chi connectivity index (χ4v) is 1.69. The second kappa shape index (κ2) is 6.62. The van der Waals surface area contributed by atoms with Gasteiger partial charge in [0.25, 0.3) is 0 Å². The van der Waals surface area contributed by atoms with Crippen LogP contribution >= 0.6 is 12.4 Å². The summed E-state index contributed by atoms with van der Waals surface area (Å²) in [7, 11) is 4.29. The molecule has 1 aromatic rings. The van der Waals surface area contributed by atoms with E-state index < -0.39 is 5.97 Å². The molecule has 0 aromatic heterocycles. The lowest BCUT2D eigenvalue weighted by molar-refractivity contribution is 0.0697. The van der Waals surface area contributed by atoms with E-state index in [0.29, 0.717) is 5.56 Å². The molecule has 96 valence electrons. The molecule has 0 bridgehead atoms. The largest absolute Gasteiger partial charge is 0.478 e. The van der Waals surface area contributed by atoms with Gasteiger partial charge in [0.2, 0.25) is 0 Å². The maximum absolute atomic E-state index is 10.7. The molecule has 0 atom stereocenters. The Morgan fingerprint density at radius 2 is 1.76 bits per heavy atom. The molecule has 0 spiro atoms. The summed E-state index contributed by atoms with van der Waals surface area (Å²) in [6, 6.07) is 7.14. The van der Waals surface area contributed by atoms with Gasteiger partial charge < -0.3 is 5.11 Å². The normalized spacial score (nSPS) is 10.8. The summed E-state index contributed by atoms with van der Waals surface area (Å²) in [5.41, 5.74) is 1.50. The summed E-state index contributed by atoms with van der Waals surface area (Å²) in [4.78, 5) is 10.7. The lowest BCUT2D eigenvalue weighted by Crippen LogP contribution is -2.41. The molecule has 17 heavy (non-hydrogen) atoms. The Morgan fingerprint density at radius 3 is 2.18 bits per heavy atom. The molecule has 0 heterocycles.